The number of carbonyl (C=O) groups excluding carboxylic acids is 1. The van der Waals surface area contributed by atoms with Crippen LogP contribution in [0.4, 0.5) is 5.13 Å². The molecule has 0 aliphatic carbocycles. The molecule has 48 valence electrons. The highest BCUT2D eigenvalue weighted by atomic mass is 35.5. The predicted octanol–water partition coefficient (Wildman–Crippen LogP) is 1.10. The van der Waals surface area contributed by atoms with Crippen LogP contribution in [0.1, 0.15) is 9.67 Å². The molecule has 5 heteroatoms. The molecule has 0 amide bonds. The second-order valence-electron chi connectivity index (χ2n) is 1.34. The van der Waals surface area contributed by atoms with Crippen molar-refractivity contribution in [2.75, 3.05) is 5.73 Å². The summed E-state index contributed by atoms with van der Waals surface area (Å²) in [5.41, 5.74) is 5.21. The summed E-state index contributed by atoms with van der Waals surface area (Å²) < 4.78 is 0. The van der Waals surface area contributed by atoms with Gasteiger partial charge in [0, 0.05) is 0 Å². The molecule has 0 radical (unpaired) electrons. The number of rotatable bonds is 1. The van der Waals surface area contributed by atoms with E-state index in [0.29, 0.717) is 10.0 Å². The van der Waals surface area contributed by atoms with Gasteiger partial charge in [-0.25, -0.2) is 4.98 Å². The number of halogens is 1. The standard InChI is InChI=1S/C4H3ClN2OS/c5-3(8)2-1-7-4(6)9-2/h1H,(H2,6,7). The van der Waals surface area contributed by atoms with Crippen molar-refractivity contribution in [3.63, 3.8) is 0 Å². The Labute approximate surface area is 60.5 Å². The van der Waals surface area contributed by atoms with E-state index in [1.807, 2.05) is 0 Å². The van der Waals surface area contributed by atoms with Gasteiger partial charge in [-0.3, -0.25) is 4.79 Å². The quantitative estimate of drug-likeness (QED) is 0.630. The van der Waals surface area contributed by atoms with Gasteiger partial charge in [0.15, 0.2) is 5.13 Å². The lowest BCUT2D eigenvalue weighted by Crippen LogP contribution is -1.79. The monoisotopic (exact) mass is 162 g/mol. The van der Waals surface area contributed by atoms with E-state index in [9.17, 15) is 4.79 Å². The van der Waals surface area contributed by atoms with Gasteiger partial charge in [-0.1, -0.05) is 11.3 Å². The van der Waals surface area contributed by atoms with Crippen LogP contribution >= 0.6 is 22.9 Å². The molecule has 2 N–H and O–H groups in total. The molecule has 0 aliphatic heterocycles. The summed E-state index contributed by atoms with van der Waals surface area (Å²) in [6, 6.07) is 0. The third-order valence-corrected chi connectivity index (χ3v) is 1.86. The Bertz CT molecular complexity index is 234. The maximum absolute atomic E-state index is 10.3. The smallest absolute Gasteiger partial charge is 0.264 e. The van der Waals surface area contributed by atoms with Crippen molar-refractivity contribution in [1.29, 1.82) is 0 Å². The largest absolute Gasteiger partial charge is 0.375 e. The normalized spacial score (nSPS) is 9.44. The van der Waals surface area contributed by atoms with Crippen LogP contribution in [0.15, 0.2) is 6.20 Å². The van der Waals surface area contributed by atoms with Gasteiger partial charge in [-0.15, -0.1) is 0 Å². The molecule has 0 saturated carbocycles. The molecular formula is C4H3ClN2OS. The average molecular weight is 163 g/mol. The number of nitrogens with zero attached hydrogens (tertiary/aromatic N) is 1. The first-order valence-electron chi connectivity index (χ1n) is 2.11. The predicted molar refractivity (Wildman–Crippen MR) is 36.7 cm³/mol. The first-order valence-corrected chi connectivity index (χ1v) is 3.30. The minimum atomic E-state index is -0.510. The topological polar surface area (TPSA) is 56.0 Å². The van der Waals surface area contributed by atoms with E-state index in [4.69, 9.17) is 17.3 Å². The number of nitrogen functional groups attached to an aromatic ring is 1. The van der Waals surface area contributed by atoms with Crippen molar-refractivity contribution >= 4 is 33.3 Å². The number of thiazole rings is 1. The van der Waals surface area contributed by atoms with Gasteiger partial charge >= 0.3 is 0 Å². The van der Waals surface area contributed by atoms with Crippen molar-refractivity contribution < 1.29 is 4.79 Å². The average Bonchev–Trinajstić information content (AvgIpc) is 2.14. The Morgan fingerprint density at radius 3 is 2.78 bits per heavy atom. The summed E-state index contributed by atoms with van der Waals surface area (Å²) in [6.07, 6.45) is 1.36. The van der Waals surface area contributed by atoms with Crippen LogP contribution in [0.2, 0.25) is 0 Å². The molecule has 1 aromatic heterocycles. The fraction of sp³-hybridized carbons (Fsp3) is 0. The molecule has 0 spiro atoms. The number of nitrogens with two attached hydrogens (primary N) is 1. The molecule has 1 aromatic rings. The van der Waals surface area contributed by atoms with Crippen LogP contribution in [0, 0.1) is 0 Å². The van der Waals surface area contributed by atoms with E-state index in [2.05, 4.69) is 4.98 Å². The zero-order chi connectivity index (χ0) is 6.85. The van der Waals surface area contributed by atoms with Crippen LogP contribution in [0.25, 0.3) is 0 Å². The van der Waals surface area contributed by atoms with Gasteiger partial charge in [0.05, 0.1) is 6.20 Å². The highest BCUT2D eigenvalue weighted by molar-refractivity contribution is 7.18. The van der Waals surface area contributed by atoms with Crippen molar-refractivity contribution in [2.24, 2.45) is 0 Å². The zero-order valence-electron chi connectivity index (χ0n) is 4.30. The molecule has 0 unspecified atom stereocenters. The Kier molecular flexibility index (Phi) is 1.68. The lowest BCUT2D eigenvalue weighted by atomic mass is 10.6. The maximum Gasteiger partial charge on any atom is 0.264 e. The van der Waals surface area contributed by atoms with Crippen LogP contribution in [-0.2, 0) is 0 Å². The van der Waals surface area contributed by atoms with Gasteiger partial charge in [0.2, 0.25) is 0 Å². The molecule has 0 aromatic carbocycles. The van der Waals surface area contributed by atoms with Crippen molar-refractivity contribution in [2.45, 2.75) is 0 Å². The summed E-state index contributed by atoms with van der Waals surface area (Å²) in [7, 11) is 0. The second-order valence-corrected chi connectivity index (χ2v) is 2.74. The fourth-order valence-electron chi connectivity index (χ4n) is 0.378. The first kappa shape index (κ1) is 6.51. The van der Waals surface area contributed by atoms with Crippen molar-refractivity contribution in [3.8, 4) is 0 Å². The molecule has 0 atom stereocenters. The van der Waals surface area contributed by atoms with Gasteiger partial charge in [-0.05, 0) is 11.6 Å². The van der Waals surface area contributed by atoms with E-state index in [1.54, 1.807) is 0 Å². The van der Waals surface area contributed by atoms with Gasteiger partial charge in [0.1, 0.15) is 4.88 Å². The van der Waals surface area contributed by atoms with Gasteiger partial charge in [-0.2, -0.15) is 0 Å². The third kappa shape index (κ3) is 1.40. The van der Waals surface area contributed by atoms with Crippen LogP contribution < -0.4 is 5.73 Å². The van der Waals surface area contributed by atoms with Crippen LogP contribution in [-0.4, -0.2) is 10.2 Å². The molecule has 0 aliphatic rings. The van der Waals surface area contributed by atoms with Gasteiger partial charge < -0.3 is 5.73 Å². The minimum Gasteiger partial charge on any atom is -0.375 e. The number of hydrogen-bond acceptors (Lipinski definition) is 4. The maximum atomic E-state index is 10.3. The zero-order valence-corrected chi connectivity index (χ0v) is 5.87. The lowest BCUT2D eigenvalue weighted by Gasteiger charge is -1.76. The summed E-state index contributed by atoms with van der Waals surface area (Å²) in [4.78, 5) is 14.4. The number of hydrogen-bond donors (Lipinski definition) is 1. The third-order valence-electron chi connectivity index (χ3n) is 0.717. The summed E-state index contributed by atoms with van der Waals surface area (Å²) in [5, 5.41) is -0.150. The Hall–Kier alpha value is -0.610. The highest BCUT2D eigenvalue weighted by Gasteiger charge is 2.03. The fourth-order valence-corrected chi connectivity index (χ4v) is 1.06. The Balaban J connectivity index is 2.98. The molecule has 1 heterocycles. The minimum absolute atomic E-state index is 0.360. The molecule has 3 nitrogen and oxygen atoms in total. The molecule has 9 heavy (non-hydrogen) atoms. The number of anilines is 1. The van der Waals surface area contributed by atoms with Gasteiger partial charge in [0.25, 0.3) is 5.24 Å². The van der Waals surface area contributed by atoms with Crippen LogP contribution in [0.3, 0.4) is 0 Å². The number of aromatic nitrogens is 1. The summed E-state index contributed by atoms with van der Waals surface area (Å²) >= 11 is 6.17. The number of carbonyl (C=O) groups is 1. The second kappa shape index (κ2) is 2.33. The molecule has 0 saturated heterocycles. The van der Waals surface area contributed by atoms with E-state index >= 15 is 0 Å². The SMILES string of the molecule is Nc1ncc(C(=O)Cl)s1. The van der Waals surface area contributed by atoms with E-state index in [0.717, 1.165) is 11.3 Å². The molecule has 0 bridgehead atoms. The van der Waals surface area contributed by atoms with E-state index < -0.39 is 5.24 Å². The molecule has 1 rings (SSSR count). The van der Waals surface area contributed by atoms with Crippen molar-refractivity contribution in [1.82, 2.24) is 4.98 Å². The van der Waals surface area contributed by atoms with E-state index in [1.165, 1.54) is 6.20 Å². The molecule has 0 fully saturated rings. The lowest BCUT2D eigenvalue weighted by molar-refractivity contribution is 0.108. The van der Waals surface area contributed by atoms with Crippen LogP contribution in [0.5, 0.6) is 0 Å². The first-order chi connectivity index (χ1) is 4.20. The Morgan fingerprint density at radius 2 is 2.56 bits per heavy atom. The van der Waals surface area contributed by atoms with Crippen molar-refractivity contribution in [3.05, 3.63) is 11.1 Å². The Morgan fingerprint density at radius 1 is 1.89 bits per heavy atom. The summed E-state index contributed by atoms with van der Waals surface area (Å²) in [6.45, 7) is 0. The van der Waals surface area contributed by atoms with E-state index in [-0.39, 0.29) is 0 Å². The molecular weight excluding hydrogens is 160 g/mol. The highest BCUT2D eigenvalue weighted by Crippen LogP contribution is 2.15. The summed E-state index contributed by atoms with van der Waals surface area (Å²) in [5.74, 6) is 0.